The van der Waals surface area contributed by atoms with Gasteiger partial charge in [-0.25, -0.2) is 0 Å². The van der Waals surface area contributed by atoms with Gasteiger partial charge in [-0.2, -0.15) is 0 Å². The van der Waals surface area contributed by atoms with Crippen molar-refractivity contribution < 1.29 is 0 Å². The molecule has 0 bridgehead atoms. The molecule has 0 spiro atoms. The average Bonchev–Trinajstić information content (AvgIpc) is 3.33. The van der Waals surface area contributed by atoms with E-state index in [-0.39, 0.29) is 6.04 Å². The standard InChI is InChI=1S/C37H36N2/c1-26-10-2-3-11-31(26)32-12-4-7-15-35(32)38-29-22-18-27(19-23-29)28-20-24-30(25-21-28)39-36-16-8-5-13-33(36)34-14-6-9-17-37(34)39/h2,4-5,7-10,12-13,15-25,32-33,35-36,38H,3,6,11,14H2,1H3. The molecule has 0 radical (unpaired) electrons. The van der Waals surface area contributed by atoms with Crippen LogP contribution in [0.2, 0.25) is 0 Å². The van der Waals surface area contributed by atoms with Crippen molar-refractivity contribution >= 4 is 11.4 Å². The van der Waals surface area contributed by atoms with E-state index in [0.717, 1.165) is 19.3 Å². The smallest absolute Gasteiger partial charge is 0.0626 e. The third-order valence-corrected chi connectivity index (χ3v) is 8.94. The van der Waals surface area contributed by atoms with Crippen LogP contribution in [0, 0.1) is 11.8 Å². The second-order valence-corrected chi connectivity index (χ2v) is 11.2. The fourth-order valence-corrected chi connectivity index (χ4v) is 6.95. The maximum atomic E-state index is 3.80. The summed E-state index contributed by atoms with van der Waals surface area (Å²) in [5.74, 6) is 0.903. The maximum absolute atomic E-state index is 3.80. The van der Waals surface area contributed by atoms with Crippen molar-refractivity contribution in [1.82, 2.24) is 0 Å². The molecule has 0 saturated heterocycles. The van der Waals surface area contributed by atoms with Crippen molar-refractivity contribution in [3.63, 3.8) is 0 Å². The van der Waals surface area contributed by atoms with Gasteiger partial charge < -0.3 is 10.2 Å². The minimum atomic E-state index is 0.276. The maximum Gasteiger partial charge on any atom is 0.0626 e. The Hall–Kier alpha value is -4.04. The number of benzene rings is 2. The molecule has 4 aliphatic carbocycles. The quantitative estimate of drug-likeness (QED) is 0.433. The van der Waals surface area contributed by atoms with Crippen molar-refractivity contribution in [3.8, 4) is 11.1 Å². The number of nitrogens with one attached hydrogen (secondary N) is 1. The molecule has 1 aliphatic heterocycles. The summed E-state index contributed by atoms with van der Waals surface area (Å²) in [6, 6.07) is 18.7. The summed E-state index contributed by atoms with van der Waals surface area (Å²) in [4.78, 5) is 2.54. The minimum absolute atomic E-state index is 0.276. The topological polar surface area (TPSA) is 15.3 Å². The molecule has 2 aromatic rings. The Morgan fingerprint density at radius 1 is 0.667 bits per heavy atom. The van der Waals surface area contributed by atoms with Crippen molar-refractivity contribution in [2.75, 3.05) is 10.2 Å². The predicted molar refractivity (Wildman–Crippen MR) is 166 cm³/mol. The molecule has 2 nitrogen and oxygen atoms in total. The monoisotopic (exact) mass is 508 g/mol. The largest absolute Gasteiger partial charge is 0.378 e. The first-order chi connectivity index (χ1) is 19.3. The van der Waals surface area contributed by atoms with Crippen LogP contribution in [-0.2, 0) is 0 Å². The summed E-state index contributed by atoms with van der Waals surface area (Å²) in [5, 5.41) is 3.80. The first kappa shape index (κ1) is 24.0. The van der Waals surface area contributed by atoms with Crippen LogP contribution in [0.1, 0.15) is 32.6 Å². The van der Waals surface area contributed by atoms with E-state index in [1.165, 1.54) is 40.2 Å². The highest BCUT2D eigenvalue weighted by molar-refractivity contribution is 5.71. The molecule has 0 fully saturated rings. The van der Waals surface area contributed by atoms with E-state index in [1.54, 1.807) is 11.1 Å². The minimum Gasteiger partial charge on any atom is -0.378 e. The van der Waals surface area contributed by atoms with E-state index < -0.39 is 0 Å². The highest BCUT2D eigenvalue weighted by Crippen LogP contribution is 2.45. The van der Waals surface area contributed by atoms with Crippen molar-refractivity contribution in [3.05, 3.63) is 144 Å². The summed E-state index contributed by atoms with van der Waals surface area (Å²) in [5.41, 5.74) is 10.9. The van der Waals surface area contributed by atoms with Gasteiger partial charge in [0.1, 0.15) is 0 Å². The predicted octanol–water partition coefficient (Wildman–Crippen LogP) is 9.08. The zero-order valence-electron chi connectivity index (χ0n) is 22.6. The van der Waals surface area contributed by atoms with Crippen molar-refractivity contribution in [1.29, 1.82) is 0 Å². The van der Waals surface area contributed by atoms with E-state index in [9.17, 15) is 0 Å². The molecule has 4 atom stereocenters. The second-order valence-electron chi connectivity index (χ2n) is 11.2. The first-order valence-electron chi connectivity index (χ1n) is 14.5. The van der Waals surface area contributed by atoms with Crippen LogP contribution in [0.3, 0.4) is 0 Å². The summed E-state index contributed by atoms with van der Waals surface area (Å²) < 4.78 is 0. The lowest BCUT2D eigenvalue weighted by Crippen LogP contribution is -2.32. The van der Waals surface area contributed by atoms with Gasteiger partial charge in [0, 0.05) is 28.9 Å². The Morgan fingerprint density at radius 2 is 1.31 bits per heavy atom. The third kappa shape index (κ3) is 4.48. The van der Waals surface area contributed by atoms with Crippen LogP contribution in [0.4, 0.5) is 11.4 Å². The molecular formula is C37H36N2. The number of hydrogen-bond acceptors (Lipinski definition) is 2. The van der Waals surface area contributed by atoms with Crippen LogP contribution in [0.5, 0.6) is 0 Å². The van der Waals surface area contributed by atoms with Crippen LogP contribution in [-0.4, -0.2) is 12.1 Å². The number of nitrogens with zero attached hydrogens (tertiary/aromatic N) is 1. The van der Waals surface area contributed by atoms with Gasteiger partial charge in [0.15, 0.2) is 0 Å². The van der Waals surface area contributed by atoms with Gasteiger partial charge in [-0.15, -0.1) is 0 Å². The Labute approximate surface area is 232 Å². The molecule has 0 aromatic heterocycles. The lowest BCUT2D eigenvalue weighted by atomic mass is 9.81. The van der Waals surface area contributed by atoms with Crippen molar-refractivity contribution in [2.24, 2.45) is 11.8 Å². The zero-order valence-corrected chi connectivity index (χ0v) is 22.6. The molecule has 7 rings (SSSR count). The zero-order chi connectivity index (χ0) is 26.2. The molecule has 194 valence electrons. The summed E-state index contributed by atoms with van der Waals surface area (Å²) in [6.45, 7) is 2.25. The molecule has 5 aliphatic rings. The molecule has 4 unspecified atom stereocenters. The summed E-state index contributed by atoms with van der Waals surface area (Å²) in [6.07, 6.45) is 32.0. The van der Waals surface area contributed by atoms with E-state index in [1.807, 2.05) is 0 Å². The molecule has 2 aromatic carbocycles. The van der Waals surface area contributed by atoms with E-state index in [4.69, 9.17) is 0 Å². The average molecular weight is 509 g/mol. The second kappa shape index (κ2) is 10.3. The molecule has 0 amide bonds. The Kier molecular flexibility index (Phi) is 6.32. The van der Waals surface area contributed by atoms with Gasteiger partial charge in [-0.1, -0.05) is 102 Å². The third-order valence-electron chi connectivity index (χ3n) is 8.94. The molecule has 1 heterocycles. The highest BCUT2D eigenvalue weighted by Gasteiger charge is 2.38. The van der Waals surface area contributed by atoms with Crippen molar-refractivity contribution in [2.45, 2.75) is 44.7 Å². The normalized spacial score (nSPS) is 26.8. The Balaban J connectivity index is 1.08. The van der Waals surface area contributed by atoms with Gasteiger partial charge in [0.25, 0.3) is 0 Å². The van der Waals surface area contributed by atoms with Crippen LogP contribution in [0.15, 0.2) is 144 Å². The fourth-order valence-electron chi connectivity index (χ4n) is 6.95. The lowest BCUT2D eigenvalue weighted by molar-refractivity contribution is 0.644. The van der Waals surface area contributed by atoms with Crippen LogP contribution < -0.4 is 10.2 Å². The lowest BCUT2D eigenvalue weighted by Gasteiger charge is -2.30. The highest BCUT2D eigenvalue weighted by atomic mass is 15.2. The van der Waals surface area contributed by atoms with Gasteiger partial charge in [0.2, 0.25) is 0 Å². The number of anilines is 2. The molecule has 39 heavy (non-hydrogen) atoms. The number of fused-ring (bicyclic) bond motifs is 2. The number of hydrogen-bond donors (Lipinski definition) is 1. The molecule has 1 N–H and O–H groups in total. The molecular weight excluding hydrogens is 472 g/mol. The molecule has 2 heteroatoms. The fraction of sp³-hybridized carbons (Fsp3) is 0.243. The Morgan fingerprint density at radius 3 is 2.08 bits per heavy atom. The van der Waals surface area contributed by atoms with E-state index in [0.29, 0.717) is 17.9 Å². The van der Waals surface area contributed by atoms with E-state index >= 15 is 0 Å². The van der Waals surface area contributed by atoms with Gasteiger partial charge in [-0.05, 0) is 79.6 Å². The Bertz CT molecular complexity index is 1490. The summed E-state index contributed by atoms with van der Waals surface area (Å²) in [7, 11) is 0. The van der Waals surface area contributed by atoms with Gasteiger partial charge in [0.05, 0.1) is 12.1 Å². The SMILES string of the molecule is CC1=C(C2C=CC=CC2Nc2ccc(-c3ccc(N4C5=C(CCC=C5)C5C=CC=CC54)cc3)cc2)CCC=C1. The molecule has 0 saturated carbocycles. The van der Waals surface area contributed by atoms with Crippen LogP contribution in [0.25, 0.3) is 11.1 Å². The number of allylic oxidation sites excluding steroid dienone is 9. The van der Waals surface area contributed by atoms with Crippen LogP contribution >= 0.6 is 0 Å². The van der Waals surface area contributed by atoms with Gasteiger partial charge >= 0.3 is 0 Å². The summed E-state index contributed by atoms with van der Waals surface area (Å²) >= 11 is 0. The number of rotatable bonds is 5. The van der Waals surface area contributed by atoms with Gasteiger partial charge in [-0.3, -0.25) is 0 Å². The van der Waals surface area contributed by atoms with E-state index in [2.05, 4.69) is 139 Å². The first-order valence-corrected chi connectivity index (χ1v) is 14.5.